The number of likely N-dealkylation sites (N-methyl/N-ethyl adjacent to an activating group) is 1. The van der Waals surface area contributed by atoms with E-state index in [1.54, 1.807) is 11.0 Å². The molecule has 0 radical (unpaired) electrons. The molecule has 1 amide bonds. The molecule has 0 saturated carbocycles. The van der Waals surface area contributed by atoms with Crippen molar-refractivity contribution < 1.29 is 4.79 Å². The second-order valence-electron chi connectivity index (χ2n) is 6.89. The van der Waals surface area contributed by atoms with Crippen LogP contribution in [0.25, 0.3) is 6.08 Å². The summed E-state index contributed by atoms with van der Waals surface area (Å²) in [6.45, 7) is 7.20. The lowest BCUT2D eigenvalue weighted by Crippen LogP contribution is -2.24. The van der Waals surface area contributed by atoms with E-state index in [1.807, 2.05) is 43.5 Å². The Morgan fingerprint density at radius 1 is 1.00 bits per heavy atom. The Hall–Kier alpha value is -2.35. The molecule has 0 saturated heterocycles. The van der Waals surface area contributed by atoms with Crippen LogP contribution >= 0.6 is 0 Å². The van der Waals surface area contributed by atoms with Crippen LogP contribution in [0.1, 0.15) is 37.5 Å². The van der Waals surface area contributed by atoms with Crippen LogP contribution in [0.15, 0.2) is 60.7 Å². The summed E-state index contributed by atoms with van der Waals surface area (Å²) in [6, 6.07) is 18.4. The van der Waals surface area contributed by atoms with Crippen LogP contribution in [-0.4, -0.2) is 17.9 Å². The number of rotatable bonds is 4. The maximum absolute atomic E-state index is 12.2. The number of carbonyl (C=O) groups is 1. The number of carbonyl (C=O) groups excluding carboxylic acids is 1. The highest BCUT2D eigenvalue weighted by atomic mass is 16.2. The third kappa shape index (κ3) is 5.10. The van der Waals surface area contributed by atoms with Gasteiger partial charge in [0.05, 0.1) is 0 Å². The second-order valence-corrected chi connectivity index (χ2v) is 6.89. The van der Waals surface area contributed by atoms with Gasteiger partial charge in [0.2, 0.25) is 5.91 Å². The van der Waals surface area contributed by atoms with Gasteiger partial charge in [-0.25, -0.2) is 0 Å². The third-order valence-electron chi connectivity index (χ3n) is 3.83. The highest BCUT2D eigenvalue weighted by Gasteiger charge is 2.12. The minimum Gasteiger partial charge on any atom is -0.338 e. The number of benzene rings is 2. The molecule has 0 fully saturated rings. The summed E-state index contributed by atoms with van der Waals surface area (Å²) in [5.74, 6) is 0.00810. The highest BCUT2D eigenvalue weighted by Crippen LogP contribution is 2.22. The Labute approximate surface area is 139 Å². The molecule has 0 N–H and O–H groups in total. The molecular weight excluding hydrogens is 282 g/mol. The molecule has 2 nitrogen and oxygen atoms in total. The molecule has 0 aromatic heterocycles. The molecule has 0 heterocycles. The number of nitrogens with zero attached hydrogens (tertiary/aromatic N) is 1. The van der Waals surface area contributed by atoms with Gasteiger partial charge in [0.25, 0.3) is 0 Å². The van der Waals surface area contributed by atoms with Crippen molar-refractivity contribution in [1.82, 2.24) is 4.90 Å². The van der Waals surface area contributed by atoms with Crippen LogP contribution in [-0.2, 0) is 16.8 Å². The molecule has 0 bridgehead atoms. The van der Waals surface area contributed by atoms with Crippen LogP contribution in [0.3, 0.4) is 0 Å². The lowest BCUT2D eigenvalue weighted by atomic mass is 9.87. The zero-order valence-electron chi connectivity index (χ0n) is 14.4. The molecule has 2 heteroatoms. The lowest BCUT2D eigenvalue weighted by molar-refractivity contribution is -0.125. The maximum Gasteiger partial charge on any atom is 0.246 e. The summed E-state index contributed by atoms with van der Waals surface area (Å²) < 4.78 is 0. The monoisotopic (exact) mass is 307 g/mol. The predicted octanol–water partition coefficient (Wildman–Crippen LogP) is 4.66. The topological polar surface area (TPSA) is 20.3 Å². The molecule has 0 unspecified atom stereocenters. The molecular formula is C21H25NO. The van der Waals surface area contributed by atoms with Crippen LogP contribution in [0.4, 0.5) is 0 Å². The van der Waals surface area contributed by atoms with Crippen molar-refractivity contribution in [2.75, 3.05) is 7.05 Å². The van der Waals surface area contributed by atoms with E-state index in [1.165, 1.54) is 5.56 Å². The Morgan fingerprint density at radius 2 is 1.61 bits per heavy atom. The molecule has 0 atom stereocenters. The summed E-state index contributed by atoms with van der Waals surface area (Å²) in [5, 5.41) is 0. The third-order valence-corrected chi connectivity index (χ3v) is 3.83. The Kier molecular flexibility index (Phi) is 5.38. The van der Waals surface area contributed by atoms with Crippen molar-refractivity contribution in [3.63, 3.8) is 0 Å². The molecule has 0 aliphatic heterocycles. The van der Waals surface area contributed by atoms with Crippen molar-refractivity contribution in [3.8, 4) is 0 Å². The van der Waals surface area contributed by atoms with E-state index in [-0.39, 0.29) is 11.3 Å². The first kappa shape index (κ1) is 17.0. The lowest BCUT2D eigenvalue weighted by Gasteiger charge is -2.18. The van der Waals surface area contributed by atoms with Gasteiger partial charge in [0.15, 0.2) is 0 Å². The van der Waals surface area contributed by atoms with E-state index >= 15 is 0 Å². The molecule has 2 rings (SSSR count). The fourth-order valence-electron chi connectivity index (χ4n) is 2.32. The first-order valence-electron chi connectivity index (χ1n) is 7.94. The molecule has 2 aromatic carbocycles. The smallest absolute Gasteiger partial charge is 0.246 e. The molecule has 0 aliphatic carbocycles. The van der Waals surface area contributed by atoms with Gasteiger partial charge in [0, 0.05) is 19.7 Å². The molecule has 2 aromatic rings. The molecule has 23 heavy (non-hydrogen) atoms. The van der Waals surface area contributed by atoms with Gasteiger partial charge < -0.3 is 4.90 Å². The average molecular weight is 307 g/mol. The summed E-state index contributed by atoms with van der Waals surface area (Å²) in [5.41, 5.74) is 3.61. The molecule has 0 spiro atoms. The Balaban J connectivity index is 1.97. The normalized spacial score (nSPS) is 11.7. The van der Waals surface area contributed by atoms with Gasteiger partial charge in [0.1, 0.15) is 0 Å². The highest BCUT2D eigenvalue weighted by molar-refractivity contribution is 5.91. The number of amides is 1. The Bertz CT molecular complexity index is 663. The summed E-state index contributed by atoms with van der Waals surface area (Å²) in [7, 11) is 1.82. The van der Waals surface area contributed by atoms with Gasteiger partial charge in [-0.15, -0.1) is 0 Å². The van der Waals surface area contributed by atoms with E-state index in [2.05, 4.69) is 45.0 Å². The van der Waals surface area contributed by atoms with E-state index in [0.717, 1.165) is 11.1 Å². The van der Waals surface area contributed by atoms with E-state index in [9.17, 15) is 4.79 Å². The minimum atomic E-state index is 0.00810. The Morgan fingerprint density at radius 3 is 2.17 bits per heavy atom. The van der Waals surface area contributed by atoms with Crippen molar-refractivity contribution in [1.29, 1.82) is 0 Å². The van der Waals surface area contributed by atoms with Crippen LogP contribution < -0.4 is 0 Å². The predicted molar refractivity (Wildman–Crippen MR) is 97.1 cm³/mol. The fourth-order valence-corrected chi connectivity index (χ4v) is 2.32. The van der Waals surface area contributed by atoms with Gasteiger partial charge in [-0.1, -0.05) is 75.4 Å². The van der Waals surface area contributed by atoms with Crippen molar-refractivity contribution in [2.45, 2.75) is 32.7 Å². The fraction of sp³-hybridized carbons (Fsp3) is 0.286. The summed E-state index contributed by atoms with van der Waals surface area (Å²) in [6.07, 6.45) is 3.51. The van der Waals surface area contributed by atoms with Crippen LogP contribution in [0.2, 0.25) is 0 Å². The zero-order valence-corrected chi connectivity index (χ0v) is 14.4. The quantitative estimate of drug-likeness (QED) is 0.753. The minimum absolute atomic E-state index is 0.00810. The zero-order chi connectivity index (χ0) is 16.9. The SMILES string of the molecule is CN(Cc1ccccc1)C(=O)/C=C/c1ccc(C(C)(C)C)cc1. The standard InChI is InChI=1S/C21H25NO/c1-21(2,3)19-13-10-17(11-14-19)12-15-20(23)22(4)16-18-8-6-5-7-9-18/h5-15H,16H2,1-4H3/b15-12+. The van der Waals surface area contributed by atoms with Gasteiger partial charge in [-0.2, -0.15) is 0 Å². The summed E-state index contributed by atoms with van der Waals surface area (Å²) >= 11 is 0. The average Bonchev–Trinajstić information content (AvgIpc) is 2.53. The van der Waals surface area contributed by atoms with Crippen LogP contribution in [0, 0.1) is 0 Å². The van der Waals surface area contributed by atoms with E-state index < -0.39 is 0 Å². The van der Waals surface area contributed by atoms with Gasteiger partial charge in [-0.3, -0.25) is 4.79 Å². The van der Waals surface area contributed by atoms with Gasteiger partial charge in [-0.05, 0) is 28.2 Å². The van der Waals surface area contributed by atoms with Crippen molar-refractivity contribution in [3.05, 3.63) is 77.4 Å². The van der Waals surface area contributed by atoms with Gasteiger partial charge >= 0.3 is 0 Å². The van der Waals surface area contributed by atoms with E-state index in [4.69, 9.17) is 0 Å². The van der Waals surface area contributed by atoms with Crippen molar-refractivity contribution >= 4 is 12.0 Å². The second kappa shape index (κ2) is 7.28. The largest absolute Gasteiger partial charge is 0.338 e. The first-order valence-corrected chi connectivity index (χ1v) is 7.94. The van der Waals surface area contributed by atoms with Crippen molar-refractivity contribution in [2.24, 2.45) is 0 Å². The molecule has 0 aliphatic rings. The summed E-state index contributed by atoms with van der Waals surface area (Å²) in [4.78, 5) is 13.9. The molecule has 120 valence electrons. The van der Waals surface area contributed by atoms with Crippen LogP contribution in [0.5, 0.6) is 0 Å². The maximum atomic E-state index is 12.2. The number of hydrogen-bond acceptors (Lipinski definition) is 1. The first-order chi connectivity index (χ1) is 10.9. The number of hydrogen-bond donors (Lipinski definition) is 0. The van der Waals surface area contributed by atoms with E-state index in [0.29, 0.717) is 6.54 Å².